The maximum absolute atomic E-state index is 12.9. The Morgan fingerprint density at radius 1 is 1.05 bits per heavy atom. The topological polar surface area (TPSA) is 46.5 Å². The number of thiophene rings is 2. The Labute approximate surface area is 136 Å². The average Bonchev–Trinajstić information content (AvgIpc) is 3.26. The van der Waals surface area contributed by atoms with Crippen LogP contribution in [0.2, 0.25) is 0 Å². The molecule has 0 saturated carbocycles. The molecule has 1 atom stereocenters. The zero-order valence-electron chi connectivity index (χ0n) is 11.9. The Bertz CT molecular complexity index is 746. The normalized spacial score (nSPS) is 13.5. The van der Waals surface area contributed by atoms with E-state index in [4.69, 9.17) is 4.74 Å². The van der Waals surface area contributed by atoms with E-state index in [1.54, 1.807) is 49.6 Å². The number of hydrogen-bond acceptors (Lipinski definition) is 5. The number of rotatable bonds is 5. The van der Waals surface area contributed by atoms with Gasteiger partial charge in [-0.25, -0.2) is 0 Å². The molecule has 0 saturated heterocycles. The van der Waals surface area contributed by atoms with Crippen molar-refractivity contribution in [3.8, 4) is 5.75 Å². The van der Waals surface area contributed by atoms with E-state index in [2.05, 4.69) is 0 Å². The van der Waals surface area contributed by atoms with Crippen LogP contribution in [0.15, 0.2) is 59.3 Å². The summed E-state index contributed by atoms with van der Waals surface area (Å²) in [5.74, 6) is 0.371. The second kappa shape index (κ2) is 6.04. The third-order valence-electron chi connectivity index (χ3n) is 3.46. The van der Waals surface area contributed by atoms with Gasteiger partial charge in [-0.05, 0) is 40.6 Å². The molecule has 2 aromatic heterocycles. The van der Waals surface area contributed by atoms with Gasteiger partial charge in [-0.1, -0.05) is 24.3 Å². The minimum Gasteiger partial charge on any atom is -0.497 e. The number of Topliss-reactive ketones (excluding diaryl/α,β-unsaturated/α-hetero) is 1. The number of ketones is 1. The minimum absolute atomic E-state index is 0.310. The van der Waals surface area contributed by atoms with Crippen LogP contribution in [-0.4, -0.2) is 18.0 Å². The predicted molar refractivity (Wildman–Crippen MR) is 89.0 cm³/mol. The van der Waals surface area contributed by atoms with Gasteiger partial charge in [-0.15, -0.1) is 22.7 Å². The monoisotopic (exact) mass is 330 g/mol. The van der Waals surface area contributed by atoms with Gasteiger partial charge in [0, 0.05) is 4.88 Å². The number of aliphatic hydroxyl groups is 1. The second-order valence-corrected chi connectivity index (χ2v) is 6.62. The van der Waals surface area contributed by atoms with Gasteiger partial charge in [0.1, 0.15) is 5.75 Å². The van der Waals surface area contributed by atoms with Crippen LogP contribution >= 0.6 is 22.7 Å². The van der Waals surface area contributed by atoms with Crippen molar-refractivity contribution in [1.29, 1.82) is 0 Å². The van der Waals surface area contributed by atoms with Crippen molar-refractivity contribution in [2.75, 3.05) is 7.11 Å². The number of carbonyl (C=O) groups is 1. The number of benzene rings is 1. The Balaban J connectivity index is 2.12. The molecule has 0 aliphatic carbocycles. The summed E-state index contributed by atoms with van der Waals surface area (Å²) in [5.41, 5.74) is -1.14. The molecule has 0 spiro atoms. The first-order valence-corrected chi connectivity index (χ1v) is 8.41. The van der Waals surface area contributed by atoms with E-state index in [0.29, 0.717) is 21.1 Å². The molecule has 3 rings (SSSR count). The number of methoxy groups -OCH3 is 1. The van der Waals surface area contributed by atoms with Gasteiger partial charge in [0.2, 0.25) is 5.78 Å². The maximum Gasteiger partial charge on any atom is 0.214 e. The lowest BCUT2D eigenvalue weighted by atomic mass is 9.87. The SMILES string of the molecule is COc1ccc(C(O)(C(=O)c2cccs2)c2cccs2)cc1. The molecular weight excluding hydrogens is 316 g/mol. The van der Waals surface area contributed by atoms with Crippen molar-refractivity contribution in [2.24, 2.45) is 0 Å². The van der Waals surface area contributed by atoms with Gasteiger partial charge >= 0.3 is 0 Å². The van der Waals surface area contributed by atoms with E-state index in [-0.39, 0.29) is 5.78 Å². The van der Waals surface area contributed by atoms with Crippen LogP contribution in [-0.2, 0) is 5.60 Å². The molecule has 1 unspecified atom stereocenters. The predicted octanol–water partition coefficient (Wildman–Crippen LogP) is 3.94. The highest BCUT2D eigenvalue weighted by Crippen LogP contribution is 2.37. The van der Waals surface area contributed by atoms with Gasteiger partial charge in [0.15, 0.2) is 5.60 Å². The molecule has 2 heterocycles. The van der Waals surface area contributed by atoms with Crippen LogP contribution in [0.25, 0.3) is 0 Å². The summed E-state index contributed by atoms with van der Waals surface area (Å²) in [7, 11) is 1.58. The summed E-state index contributed by atoms with van der Waals surface area (Å²) < 4.78 is 5.14. The Morgan fingerprint density at radius 2 is 1.73 bits per heavy atom. The average molecular weight is 330 g/mol. The van der Waals surface area contributed by atoms with E-state index >= 15 is 0 Å². The van der Waals surface area contributed by atoms with Crippen LogP contribution in [0.1, 0.15) is 20.1 Å². The molecule has 0 radical (unpaired) electrons. The van der Waals surface area contributed by atoms with Crippen LogP contribution in [0.3, 0.4) is 0 Å². The highest BCUT2D eigenvalue weighted by Gasteiger charge is 2.41. The summed E-state index contributed by atoms with van der Waals surface area (Å²) in [6, 6.07) is 14.1. The molecule has 3 nitrogen and oxygen atoms in total. The quantitative estimate of drug-likeness (QED) is 0.721. The molecule has 1 N–H and O–H groups in total. The van der Waals surface area contributed by atoms with Crippen molar-refractivity contribution in [3.63, 3.8) is 0 Å². The zero-order valence-corrected chi connectivity index (χ0v) is 13.5. The van der Waals surface area contributed by atoms with E-state index in [9.17, 15) is 9.90 Å². The lowest BCUT2D eigenvalue weighted by Gasteiger charge is -2.25. The molecule has 0 fully saturated rings. The standard InChI is InChI=1S/C17H14O3S2/c1-20-13-8-6-12(7-9-13)17(19,15-5-3-11-22-15)16(18)14-4-2-10-21-14/h2-11,19H,1H3. The van der Waals surface area contributed by atoms with Crippen LogP contribution in [0, 0.1) is 0 Å². The highest BCUT2D eigenvalue weighted by molar-refractivity contribution is 7.12. The smallest absolute Gasteiger partial charge is 0.214 e. The highest BCUT2D eigenvalue weighted by atomic mass is 32.1. The van der Waals surface area contributed by atoms with Crippen LogP contribution in [0.4, 0.5) is 0 Å². The molecule has 0 bridgehead atoms. The third-order valence-corrected chi connectivity index (χ3v) is 5.31. The molecule has 5 heteroatoms. The first-order chi connectivity index (χ1) is 10.7. The van der Waals surface area contributed by atoms with Gasteiger partial charge in [0.05, 0.1) is 12.0 Å². The fourth-order valence-corrected chi connectivity index (χ4v) is 3.85. The summed E-state index contributed by atoms with van der Waals surface area (Å²) in [5, 5.41) is 15.0. The lowest BCUT2D eigenvalue weighted by molar-refractivity contribution is 0.0506. The van der Waals surface area contributed by atoms with Crippen molar-refractivity contribution >= 4 is 28.5 Å². The Kier molecular flexibility index (Phi) is 4.11. The molecule has 112 valence electrons. The van der Waals surface area contributed by atoms with Crippen LogP contribution < -0.4 is 4.74 Å². The zero-order chi connectivity index (χ0) is 15.6. The Hall–Kier alpha value is -1.95. The van der Waals surface area contributed by atoms with Gasteiger partial charge in [0.25, 0.3) is 0 Å². The van der Waals surface area contributed by atoms with E-state index < -0.39 is 5.60 Å². The largest absolute Gasteiger partial charge is 0.497 e. The lowest BCUT2D eigenvalue weighted by Crippen LogP contribution is -2.35. The van der Waals surface area contributed by atoms with Crippen molar-refractivity contribution in [2.45, 2.75) is 5.60 Å². The fourth-order valence-electron chi connectivity index (χ4n) is 2.29. The van der Waals surface area contributed by atoms with Crippen molar-refractivity contribution in [3.05, 3.63) is 74.6 Å². The molecule has 0 amide bonds. The van der Waals surface area contributed by atoms with E-state index in [1.807, 2.05) is 16.8 Å². The molecule has 3 aromatic rings. The molecular formula is C17H14O3S2. The first-order valence-electron chi connectivity index (χ1n) is 6.65. The molecule has 0 aliphatic rings. The number of carbonyl (C=O) groups excluding carboxylic acids is 1. The third kappa shape index (κ3) is 2.47. The minimum atomic E-state index is -1.68. The summed E-state index contributed by atoms with van der Waals surface area (Å²) in [4.78, 5) is 14.1. The van der Waals surface area contributed by atoms with Crippen LogP contribution in [0.5, 0.6) is 5.75 Å². The van der Waals surface area contributed by atoms with Gasteiger partial charge in [-0.2, -0.15) is 0 Å². The first kappa shape index (κ1) is 15.0. The molecule has 0 aliphatic heterocycles. The van der Waals surface area contributed by atoms with E-state index in [1.165, 1.54) is 22.7 Å². The summed E-state index contributed by atoms with van der Waals surface area (Å²) >= 11 is 2.69. The Morgan fingerprint density at radius 3 is 2.27 bits per heavy atom. The fraction of sp³-hybridized carbons (Fsp3) is 0.118. The molecule has 1 aromatic carbocycles. The number of ether oxygens (including phenoxy) is 1. The maximum atomic E-state index is 12.9. The van der Waals surface area contributed by atoms with Crippen molar-refractivity contribution < 1.29 is 14.6 Å². The summed E-state index contributed by atoms with van der Waals surface area (Å²) in [6.45, 7) is 0. The van der Waals surface area contributed by atoms with Crippen molar-refractivity contribution in [1.82, 2.24) is 0 Å². The van der Waals surface area contributed by atoms with E-state index in [0.717, 1.165) is 0 Å². The van der Waals surface area contributed by atoms with Gasteiger partial charge in [-0.3, -0.25) is 4.79 Å². The summed E-state index contributed by atoms with van der Waals surface area (Å²) in [6.07, 6.45) is 0. The second-order valence-electron chi connectivity index (χ2n) is 4.72. The molecule has 22 heavy (non-hydrogen) atoms. The van der Waals surface area contributed by atoms with Gasteiger partial charge < -0.3 is 9.84 Å². The number of hydrogen-bond donors (Lipinski definition) is 1.